The van der Waals surface area contributed by atoms with Gasteiger partial charge in [0.1, 0.15) is 28.3 Å². The molecule has 0 amide bonds. The highest BCUT2D eigenvalue weighted by Gasteiger charge is 2.21. The van der Waals surface area contributed by atoms with Gasteiger partial charge in [0.25, 0.3) is 0 Å². The lowest BCUT2D eigenvalue weighted by molar-refractivity contribution is 0.522. The number of nitrogens with zero attached hydrogens (tertiary/aromatic N) is 1. The van der Waals surface area contributed by atoms with Crippen LogP contribution in [-0.4, -0.2) is 8.42 Å². The minimum Gasteiger partial charge on any atom is -0.468 e. The SMILES string of the molecule is N#CC(=Cc1c(F)cccc1Cl)S(=O)(=O)Cc1ccco1. The number of sulfone groups is 1. The Balaban J connectivity index is 2.44. The fraction of sp³-hybridized carbons (Fsp3) is 0.0714. The second-order valence-corrected chi connectivity index (χ2v) is 6.46. The van der Waals surface area contributed by atoms with Crippen LogP contribution in [0.5, 0.6) is 0 Å². The van der Waals surface area contributed by atoms with Crippen molar-refractivity contribution in [2.24, 2.45) is 0 Å². The van der Waals surface area contributed by atoms with E-state index in [0.717, 1.165) is 12.1 Å². The minimum absolute atomic E-state index is 0.0240. The van der Waals surface area contributed by atoms with Crippen LogP contribution < -0.4 is 0 Å². The van der Waals surface area contributed by atoms with Gasteiger partial charge in [-0.25, -0.2) is 12.8 Å². The number of allylic oxidation sites excluding steroid dienone is 1. The monoisotopic (exact) mass is 325 g/mol. The summed E-state index contributed by atoms with van der Waals surface area (Å²) in [6.45, 7) is 0. The van der Waals surface area contributed by atoms with Gasteiger partial charge in [-0.05, 0) is 30.3 Å². The largest absolute Gasteiger partial charge is 0.468 e. The molecule has 108 valence electrons. The van der Waals surface area contributed by atoms with Crippen molar-refractivity contribution >= 4 is 27.5 Å². The van der Waals surface area contributed by atoms with Crippen LogP contribution >= 0.6 is 11.6 Å². The zero-order valence-electron chi connectivity index (χ0n) is 10.6. The average molecular weight is 326 g/mol. The molecule has 0 aliphatic rings. The molecule has 0 atom stereocenters. The van der Waals surface area contributed by atoms with Crippen LogP contribution in [0.2, 0.25) is 5.02 Å². The molecule has 0 radical (unpaired) electrons. The van der Waals surface area contributed by atoms with Gasteiger partial charge in [0, 0.05) is 5.56 Å². The summed E-state index contributed by atoms with van der Waals surface area (Å²) in [5.74, 6) is -0.995. The molecule has 0 aliphatic heterocycles. The lowest BCUT2D eigenvalue weighted by Gasteiger charge is -2.03. The molecule has 1 heterocycles. The van der Waals surface area contributed by atoms with Crippen molar-refractivity contribution in [3.05, 3.63) is 63.7 Å². The van der Waals surface area contributed by atoms with Crippen molar-refractivity contribution in [1.29, 1.82) is 5.26 Å². The highest BCUT2D eigenvalue weighted by molar-refractivity contribution is 7.94. The van der Waals surface area contributed by atoms with Crippen LogP contribution in [0.4, 0.5) is 4.39 Å². The lowest BCUT2D eigenvalue weighted by Crippen LogP contribution is -2.06. The third kappa shape index (κ3) is 3.51. The highest BCUT2D eigenvalue weighted by atomic mass is 35.5. The molecule has 7 heteroatoms. The molecule has 21 heavy (non-hydrogen) atoms. The number of nitriles is 1. The number of rotatable bonds is 4. The first kappa shape index (κ1) is 15.3. The molecule has 0 N–H and O–H groups in total. The van der Waals surface area contributed by atoms with Gasteiger partial charge >= 0.3 is 0 Å². The highest BCUT2D eigenvalue weighted by Crippen LogP contribution is 2.24. The molecule has 0 bridgehead atoms. The molecule has 2 aromatic rings. The summed E-state index contributed by atoms with van der Waals surface area (Å²) in [7, 11) is -3.95. The maximum absolute atomic E-state index is 13.7. The summed E-state index contributed by atoms with van der Waals surface area (Å²) in [5, 5.41) is 9.06. The van der Waals surface area contributed by atoms with E-state index < -0.39 is 26.3 Å². The predicted molar refractivity (Wildman–Crippen MR) is 76.3 cm³/mol. The molecule has 0 spiro atoms. The topological polar surface area (TPSA) is 71.1 Å². The van der Waals surface area contributed by atoms with E-state index >= 15 is 0 Å². The van der Waals surface area contributed by atoms with Crippen LogP contribution in [0.3, 0.4) is 0 Å². The van der Waals surface area contributed by atoms with Crippen molar-refractivity contribution in [3.8, 4) is 6.07 Å². The maximum atomic E-state index is 13.7. The molecule has 0 saturated heterocycles. The van der Waals surface area contributed by atoms with Crippen molar-refractivity contribution in [1.82, 2.24) is 0 Å². The van der Waals surface area contributed by atoms with Crippen LogP contribution in [0.1, 0.15) is 11.3 Å². The summed E-state index contributed by atoms with van der Waals surface area (Å²) >= 11 is 5.82. The lowest BCUT2D eigenvalue weighted by atomic mass is 10.2. The molecule has 0 saturated carbocycles. The summed E-state index contributed by atoms with van der Waals surface area (Å²) in [6.07, 6.45) is 2.25. The Morgan fingerprint density at radius 1 is 1.38 bits per heavy atom. The van der Waals surface area contributed by atoms with E-state index in [9.17, 15) is 12.8 Å². The average Bonchev–Trinajstić information content (AvgIpc) is 2.90. The Morgan fingerprint density at radius 2 is 2.14 bits per heavy atom. The first-order chi connectivity index (χ1) is 9.94. The molecule has 2 rings (SSSR count). The van der Waals surface area contributed by atoms with Crippen molar-refractivity contribution in [3.63, 3.8) is 0 Å². The standard InChI is InChI=1S/C14H9ClFNO3S/c15-13-4-1-5-14(16)12(13)7-11(8-17)21(18,19)9-10-3-2-6-20-10/h1-7H,9H2. The molecule has 0 aliphatic carbocycles. The third-order valence-electron chi connectivity index (χ3n) is 2.63. The Hall–Kier alpha value is -2.10. The van der Waals surface area contributed by atoms with Gasteiger partial charge < -0.3 is 4.42 Å². The van der Waals surface area contributed by atoms with Gasteiger partial charge in [0.2, 0.25) is 0 Å². The van der Waals surface area contributed by atoms with Gasteiger partial charge in [-0.1, -0.05) is 17.7 Å². The smallest absolute Gasteiger partial charge is 0.195 e. The minimum atomic E-state index is -3.95. The summed E-state index contributed by atoms with van der Waals surface area (Å²) in [5.41, 5.74) is -0.140. The van der Waals surface area contributed by atoms with Gasteiger partial charge in [-0.2, -0.15) is 5.26 Å². The predicted octanol–water partition coefficient (Wildman–Crippen LogP) is 3.55. The number of halogens is 2. The fourth-order valence-electron chi connectivity index (χ4n) is 1.63. The molecule has 1 aromatic carbocycles. The number of hydrogen-bond donors (Lipinski definition) is 0. The number of benzene rings is 1. The van der Waals surface area contributed by atoms with E-state index in [4.69, 9.17) is 21.3 Å². The van der Waals surface area contributed by atoms with Crippen molar-refractivity contribution in [2.75, 3.05) is 0 Å². The van der Waals surface area contributed by atoms with E-state index in [0.29, 0.717) is 0 Å². The summed E-state index contributed by atoms with van der Waals surface area (Å²) in [4.78, 5) is -0.578. The van der Waals surface area contributed by atoms with Gasteiger partial charge in [-0.3, -0.25) is 0 Å². The van der Waals surface area contributed by atoms with E-state index in [1.807, 2.05) is 0 Å². The van der Waals surface area contributed by atoms with Crippen LogP contribution in [0.15, 0.2) is 45.9 Å². The Kier molecular flexibility index (Phi) is 4.46. The van der Waals surface area contributed by atoms with E-state index in [2.05, 4.69) is 0 Å². The first-order valence-corrected chi connectivity index (χ1v) is 7.78. The molecule has 1 aromatic heterocycles. The van der Waals surface area contributed by atoms with Gasteiger partial charge in [-0.15, -0.1) is 0 Å². The second-order valence-electron chi connectivity index (χ2n) is 4.09. The van der Waals surface area contributed by atoms with E-state index in [1.165, 1.54) is 30.5 Å². The molecule has 0 unspecified atom stereocenters. The quantitative estimate of drug-likeness (QED) is 0.806. The summed E-state index contributed by atoms with van der Waals surface area (Å²) < 4.78 is 42.9. The molecular formula is C14H9ClFNO3S. The van der Waals surface area contributed by atoms with Crippen LogP contribution in [0.25, 0.3) is 6.08 Å². The Morgan fingerprint density at radius 3 is 2.71 bits per heavy atom. The first-order valence-electron chi connectivity index (χ1n) is 5.75. The molecule has 4 nitrogen and oxygen atoms in total. The van der Waals surface area contributed by atoms with Gasteiger partial charge in [0.15, 0.2) is 9.84 Å². The Bertz CT molecular complexity index is 800. The zero-order valence-corrected chi connectivity index (χ0v) is 12.2. The summed E-state index contributed by atoms with van der Waals surface area (Å²) in [6, 6.07) is 8.50. The van der Waals surface area contributed by atoms with Gasteiger partial charge in [0.05, 0.1) is 11.3 Å². The molecule has 0 fully saturated rings. The fourth-order valence-corrected chi connectivity index (χ4v) is 2.98. The maximum Gasteiger partial charge on any atom is 0.195 e. The van der Waals surface area contributed by atoms with Crippen molar-refractivity contribution in [2.45, 2.75) is 5.75 Å². The zero-order chi connectivity index (χ0) is 15.5. The van der Waals surface area contributed by atoms with E-state index in [-0.39, 0.29) is 16.3 Å². The number of hydrogen-bond acceptors (Lipinski definition) is 4. The Labute approximate surface area is 126 Å². The number of furan rings is 1. The van der Waals surface area contributed by atoms with Crippen LogP contribution in [-0.2, 0) is 15.6 Å². The molecular weight excluding hydrogens is 317 g/mol. The third-order valence-corrected chi connectivity index (χ3v) is 4.51. The second kappa shape index (κ2) is 6.12. The van der Waals surface area contributed by atoms with Crippen molar-refractivity contribution < 1.29 is 17.2 Å². The van der Waals surface area contributed by atoms with Crippen LogP contribution in [0, 0.1) is 17.1 Å². The normalized spacial score (nSPS) is 12.1. The van der Waals surface area contributed by atoms with E-state index in [1.54, 1.807) is 6.07 Å².